The molecule has 9 heteroatoms. The van der Waals surface area contributed by atoms with Gasteiger partial charge in [-0.3, -0.25) is 0 Å². The summed E-state index contributed by atoms with van der Waals surface area (Å²) in [4.78, 5) is 0.438. The third kappa shape index (κ3) is 2.84. The van der Waals surface area contributed by atoms with Crippen LogP contribution in [0, 0.1) is 5.82 Å². The molecule has 1 heterocycles. The molecule has 0 radical (unpaired) electrons. The lowest BCUT2D eigenvalue weighted by molar-refractivity contribution is -0.0435. The van der Waals surface area contributed by atoms with Gasteiger partial charge in [-0.1, -0.05) is 0 Å². The van der Waals surface area contributed by atoms with Crippen LogP contribution in [0.15, 0.2) is 23.1 Å². The van der Waals surface area contributed by atoms with Crippen molar-refractivity contribution in [1.29, 1.82) is 0 Å². The van der Waals surface area contributed by atoms with Crippen molar-refractivity contribution in [3.63, 3.8) is 0 Å². The molecule has 4 nitrogen and oxygen atoms in total. The number of sulfone groups is 1. The summed E-state index contributed by atoms with van der Waals surface area (Å²) in [7, 11) is -5.62. The topological polar surface area (TPSA) is 63.4 Å². The van der Waals surface area contributed by atoms with Gasteiger partial charge in [-0.2, -0.15) is 13.2 Å². The lowest BCUT2D eigenvalue weighted by Crippen LogP contribution is -2.37. The second-order valence-corrected chi connectivity index (χ2v) is 6.70. The summed E-state index contributed by atoms with van der Waals surface area (Å²) < 4.78 is 74.7. The molecule has 2 rings (SSSR count). The summed E-state index contributed by atoms with van der Waals surface area (Å²) in [5.41, 5.74) is -0.0810. The first kappa shape index (κ1) is 16.0. The Hall–Kier alpha value is -1.35. The number of rotatable bonds is 3. The van der Waals surface area contributed by atoms with Gasteiger partial charge in [0.05, 0.1) is 5.69 Å². The lowest BCUT2D eigenvalue weighted by atomic mass is 10.2. The van der Waals surface area contributed by atoms with E-state index in [-0.39, 0.29) is 18.3 Å². The summed E-state index contributed by atoms with van der Waals surface area (Å²) >= 11 is 0. The van der Waals surface area contributed by atoms with E-state index in [0.29, 0.717) is 25.5 Å². The molecule has 0 bridgehead atoms. The van der Waals surface area contributed by atoms with Crippen LogP contribution < -0.4 is 10.6 Å². The van der Waals surface area contributed by atoms with Crippen molar-refractivity contribution in [3.05, 3.63) is 24.0 Å². The van der Waals surface area contributed by atoms with Crippen LogP contribution >= 0.6 is 0 Å². The highest BCUT2D eigenvalue weighted by Crippen LogP contribution is 2.38. The van der Waals surface area contributed by atoms with E-state index in [2.05, 4.69) is 0 Å². The van der Waals surface area contributed by atoms with Crippen LogP contribution in [0.4, 0.5) is 23.2 Å². The molecule has 1 fully saturated rings. The number of nitrogens with zero attached hydrogens (tertiary/aromatic N) is 1. The molecule has 1 aliphatic heterocycles. The lowest BCUT2D eigenvalue weighted by Gasteiger charge is -2.28. The minimum atomic E-state index is -5.62. The number of benzene rings is 1. The predicted octanol–water partition coefficient (Wildman–Crippen LogP) is 2.05. The van der Waals surface area contributed by atoms with Crippen molar-refractivity contribution in [3.8, 4) is 0 Å². The Labute approximate surface area is 119 Å². The Morgan fingerprint density at radius 1 is 1.33 bits per heavy atom. The molecule has 1 aliphatic rings. The molecule has 1 saturated heterocycles. The number of hydrogen-bond acceptors (Lipinski definition) is 4. The summed E-state index contributed by atoms with van der Waals surface area (Å²) in [6.07, 6.45) is 1.34. The zero-order valence-corrected chi connectivity index (χ0v) is 11.7. The molecule has 1 atom stereocenters. The Kier molecular flexibility index (Phi) is 4.16. The molecule has 21 heavy (non-hydrogen) atoms. The molecule has 0 spiro atoms. The number of nitrogens with two attached hydrogens (primary N) is 1. The van der Waals surface area contributed by atoms with Crippen LogP contribution in [0.2, 0.25) is 0 Å². The molecule has 2 N–H and O–H groups in total. The second kappa shape index (κ2) is 5.45. The van der Waals surface area contributed by atoms with Gasteiger partial charge in [0.15, 0.2) is 0 Å². The summed E-state index contributed by atoms with van der Waals surface area (Å²) in [6, 6.07) is 2.15. The quantitative estimate of drug-likeness (QED) is 0.864. The number of anilines is 1. The molecule has 0 amide bonds. The zero-order chi connectivity index (χ0) is 15.8. The summed E-state index contributed by atoms with van der Waals surface area (Å²) in [5.74, 6) is -1.04. The third-order valence-corrected chi connectivity index (χ3v) is 4.99. The van der Waals surface area contributed by atoms with Crippen LogP contribution in [-0.2, 0) is 9.84 Å². The maximum absolute atomic E-state index is 13.3. The van der Waals surface area contributed by atoms with E-state index < -0.39 is 26.1 Å². The van der Waals surface area contributed by atoms with E-state index in [1.807, 2.05) is 0 Å². The van der Waals surface area contributed by atoms with Gasteiger partial charge in [-0.05, 0) is 31.0 Å². The van der Waals surface area contributed by atoms with Crippen molar-refractivity contribution in [2.75, 3.05) is 18.0 Å². The van der Waals surface area contributed by atoms with E-state index in [9.17, 15) is 26.0 Å². The Bertz CT molecular complexity index is 631. The molecular formula is C12H14F4N2O2S. The van der Waals surface area contributed by atoms with Crippen molar-refractivity contribution >= 4 is 15.5 Å². The second-order valence-electron chi connectivity index (χ2n) is 4.79. The Balaban J connectivity index is 2.59. The van der Waals surface area contributed by atoms with Crippen LogP contribution in [0.5, 0.6) is 0 Å². The van der Waals surface area contributed by atoms with E-state index in [1.165, 1.54) is 4.90 Å². The van der Waals surface area contributed by atoms with Gasteiger partial charge in [0, 0.05) is 19.1 Å². The van der Waals surface area contributed by atoms with Crippen molar-refractivity contribution in [1.82, 2.24) is 0 Å². The zero-order valence-electron chi connectivity index (χ0n) is 10.9. The largest absolute Gasteiger partial charge is 0.501 e. The smallest absolute Gasteiger partial charge is 0.366 e. The highest BCUT2D eigenvalue weighted by atomic mass is 32.2. The predicted molar refractivity (Wildman–Crippen MR) is 69.1 cm³/mol. The van der Waals surface area contributed by atoms with Gasteiger partial charge in [0.1, 0.15) is 10.7 Å². The Morgan fingerprint density at radius 3 is 2.57 bits per heavy atom. The van der Waals surface area contributed by atoms with Gasteiger partial charge >= 0.3 is 5.51 Å². The minimum absolute atomic E-state index is 0.151. The normalized spacial score (nSPS) is 20.0. The summed E-state index contributed by atoms with van der Waals surface area (Å²) in [6.45, 7) is 0.566. The van der Waals surface area contributed by atoms with Crippen LogP contribution in [-0.4, -0.2) is 33.1 Å². The fraction of sp³-hybridized carbons (Fsp3) is 0.500. The fourth-order valence-electron chi connectivity index (χ4n) is 2.46. The highest BCUT2D eigenvalue weighted by molar-refractivity contribution is 7.92. The van der Waals surface area contributed by atoms with Crippen LogP contribution in [0.25, 0.3) is 0 Å². The summed E-state index contributed by atoms with van der Waals surface area (Å²) in [5, 5.41) is 0. The average molecular weight is 326 g/mol. The Morgan fingerprint density at radius 2 is 2.00 bits per heavy atom. The fourth-order valence-corrected chi connectivity index (χ4v) is 3.44. The average Bonchev–Trinajstić information content (AvgIpc) is 2.85. The third-order valence-electron chi connectivity index (χ3n) is 3.47. The first-order chi connectivity index (χ1) is 9.68. The highest BCUT2D eigenvalue weighted by Gasteiger charge is 2.49. The van der Waals surface area contributed by atoms with Gasteiger partial charge in [0.2, 0.25) is 0 Å². The van der Waals surface area contributed by atoms with Gasteiger partial charge in [-0.15, -0.1) is 0 Å². The van der Waals surface area contributed by atoms with Crippen molar-refractivity contribution in [2.45, 2.75) is 29.3 Å². The van der Waals surface area contributed by atoms with Gasteiger partial charge in [-0.25, -0.2) is 12.8 Å². The van der Waals surface area contributed by atoms with Gasteiger partial charge < -0.3 is 10.6 Å². The molecule has 118 valence electrons. The van der Waals surface area contributed by atoms with Crippen LogP contribution in [0.3, 0.4) is 0 Å². The number of halogens is 4. The first-order valence-electron chi connectivity index (χ1n) is 6.26. The molecule has 1 aromatic rings. The number of alkyl halides is 3. The maximum atomic E-state index is 13.3. The van der Waals surface area contributed by atoms with E-state index in [1.54, 1.807) is 0 Å². The first-order valence-corrected chi connectivity index (χ1v) is 7.74. The molecular weight excluding hydrogens is 312 g/mol. The molecule has 0 aliphatic carbocycles. The minimum Gasteiger partial charge on any atom is -0.366 e. The standard InChI is InChI=1S/C12H14F4N2O2S/c13-8-3-4-10(18-5-1-2-9(18)7-17)11(6-8)21(19,20)12(14,15)16/h3-4,6,9H,1-2,5,7,17H2. The van der Waals surface area contributed by atoms with Crippen molar-refractivity contribution in [2.24, 2.45) is 5.73 Å². The maximum Gasteiger partial charge on any atom is 0.501 e. The van der Waals surface area contributed by atoms with E-state index in [0.717, 1.165) is 12.1 Å². The monoisotopic (exact) mass is 326 g/mol. The van der Waals surface area contributed by atoms with E-state index in [4.69, 9.17) is 5.73 Å². The van der Waals surface area contributed by atoms with Crippen LogP contribution in [0.1, 0.15) is 12.8 Å². The molecule has 1 unspecified atom stereocenters. The molecule has 1 aromatic carbocycles. The number of hydrogen-bond donors (Lipinski definition) is 1. The molecule has 0 saturated carbocycles. The van der Waals surface area contributed by atoms with Gasteiger partial charge in [0.25, 0.3) is 9.84 Å². The van der Waals surface area contributed by atoms with E-state index >= 15 is 0 Å². The van der Waals surface area contributed by atoms with Crippen molar-refractivity contribution < 1.29 is 26.0 Å². The SMILES string of the molecule is NCC1CCCN1c1ccc(F)cc1S(=O)(=O)C(F)(F)F. The molecule has 0 aromatic heterocycles.